The Morgan fingerprint density at radius 2 is 1.84 bits per heavy atom. The van der Waals surface area contributed by atoms with E-state index in [4.69, 9.17) is 4.74 Å². The molecule has 1 heterocycles. The molecule has 19 heavy (non-hydrogen) atoms. The van der Waals surface area contributed by atoms with Gasteiger partial charge < -0.3 is 10.1 Å². The van der Waals surface area contributed by atoms with E-state index in [1.165, 1.54) is 0 Å². The third-order valence-electron chi connectivity index (χ3n) is 2.43. The number of halogens is 3. The molecule has 0 saturated heterocycles. The average Bonchev–Trinajstić information content (AvgIpc) is 2.37. The Hall–Kier alpha value is -0.590. The van der Waals surface area contributed by atoms with Gasteiger partial charge in [-0.15, -0.1) is 0 Å². The molecule has 0 fully saturated rings. The molecule has 0 radical (unpaired) electrons. The van der Waals surface area contributed by atoms with Gasteiger partial charge in [-0.2, -0.15) is 0 Å². The molecule has 100 valence electrons. The molecule has 6 heteroatoms. The topological polar surface area (TPSA) is 34.1 Å². The van der Waals surface area contributed by atoms with Gasteiger partial charge in [-0.05, 0) is 61.7 Å². The number of pyridine rings is 1. The second-order valence-electron chi connectivity index (χ2n) is 3.79. The lowest BCUT2D eigenvalue weighted by Crippen LogP contribution is -1.99. The number of nitrogens with zero attached hydrogens (tertiary/aromatic N) is 1. The van der Waals surface area contributed by atoms with Gasteiger partial charge in [0.1, 0.15) is 18.2 Å². The van der Waals surface area contributed by atoms with E-state index < -0.39 is 0 Å². The molecule has 0 spiro atoms. The summed E-state index contributed by atoms with van der Waals surface area (Å²) in [5.41, 5.74) is 1.06. The molecule has 1 aromatic carbocycles. The van der Waals surface area contributed by atoms with Crippen LogP contribution >= 0.6 is 47.8 Å². The molecule has 0 saturated carbocycles. The molecule has 0 aliphatic carbocycles. The molecule has 2 aromatic rings. The molecular formula is C13H11Br3N2O. The monoisotopic (exact) mass is 448 g/mol. The van der Waals surface area contributed by atoms with Crippen molar-refractivity contribution >= 4 is 53.6 Å². The molecule has 0 atom stereocenters. The Balaban J connectivity index is 2.14. The Morgan fingerprint density at radius 3 is 2.47 bits per heavy atom. The quantitative estimate of drug-likeness (QED) is 0.712. The van der Waals surface area contributed by atoms with E-state index in [0.717, 1.165) is 30.5 Å². The number of hydrogen-bond donors (Lipinski definition) is 1. The van der Waals surface area contributed by atoms with Gasteiger partial charge in [0, 0.05) is 17.7 Å². The van der Waals surface area contributed by atoms with E-state index in [9.17, 15) is 0 Å². The number of rotatable bonds is 4. The summed E-state index contributed by atoms with van der Waals surface area (Å²) >= 11 is 10.4. The molecule has 0 bridgehead atoms. The first-order chi connectivity index (χ1) is 9.10. The van der Waals surface area contributed by atoms with Crippen molar-refractivity contribution in [3.8, 4) is 5.75 Å². The van der Waals surface area contributed by atoms with E-state index in [1.807, 2.05) is 31.3 Å². The van der Waals surface area contributed by atoms with Crippen LogP contribution in [0.5, 0.6) is 5.75 Å². The minimum Gasteiger partial charge on any atom is -0.487 e. The number of ether oxygens (including phenoxy) is 1. The highest BCUT2D eigenvalue weighted by Crippen LogP contribution is 2.36. The maximum Gasteiger partial charge on any atom is 0.148 e. The van der Waals surface area contributed by atoms with Crippen LogP contribution < -0.4 is 10.1 Å². The van der Waals surface area contributed by atoms with Crippen molar-refractivity contribution in [1.82, 2.24) is 4.98 Å². The third kappa shape index (κ3) is 3.94. The molecular weight excluding hydrogens is 440 g/mol. The van der Waals surface area contributed by atoms with E-state index in [-0.39, 0.29) is 0 Å². The molecule has 0 amide bonds. The predicted molar refractivity (Wildman–Crippen MR) is 87.7 cm³/mol. The minimum atomic E-state index is 0.482. The largest absolute Gasteiger partial charge is 0.487 e. The van der Waals surface area contributed by atoms with Crippen LogP contribution in [0.2, 0.25) is 0 Å². The van der Waals surface area contributed by atoms with Crippen LogP contribution in [-0.2, 0) is 6.61 Å². The van der Waals surface area contributed by atoms with Gasteiger partial charge in [0.05, 0.1) is 8.95 Å². The highest BCUT2D eigenvalue weighted by atomic mass is 79.9. The summed E-state index contributed by atoms with van der Waals surface area (Å²) in [4.78, 5) is 4.17. The maximum atomic E-state index is 5.84. The second kappa shape index (κ2) is 6.72. The number of aromatic nitrogens is 1. The van der Waals surface area contributed by atoms with Crippen LogP contribution in [0.3, 0.4) is 0 Å². The minimum absolute atomic E-state index is 0.482. The fourth-order valence-electron chi connectivity index (χ4n) is 1.52. The van der Waals surface area contributed by atoms with Gasteiger partial charge in [0.25, 0.3) is 0 Å². The van der Waals surface area contributed by atoms with Gasteiger partial charge in [0.15, 0.2) is 0 Å². The number of hydrogen-bond acceptors (Lipinski definition) is 3. The fraction of sp³-hybridized carbons (Fsp3) is 0.154. The molecule has 2 rings (SSSR count). The lowest BCUT2D eigenvalue weighted by atomic mass is 10.3. The van der Waals surface area contributed by atoms with Gasteiger partial charge in [-0.25, -0.2) is 4.98 Å². The zero-order valence-electron chi connectivity index (χ0n) is 10.1. The smallest absolute Gasteiger partial charge is 0.148 e. The zero-order chi connectivity index (χ0) is 13.8. The lowest BCUT2D eigenvalue weighted by Gasteiger charge is -2.11. The van der Waals surface area contributed by atoms with Crippen molar-refractivity contribution < 1.29 is 4.74 Å². The molecule has 3 nitrogen and oxygen atoms in total. The summed E-state index contributed by atoms with van der Waals surface area (Å²) in [6.07, 6.45) is 1.76. The summed E-state index contributed by atoms with van der Waals surface area (Å²) in [6.45, 7) is 0.482. The van der Waals surface area contributed by atoms with Crippen LogP contribution in [0.25, 0.3) is 0 Å². The highest BCUT2D eigenvalue weighted by Gasteiger charge is 2.08. The summed E-state index contributed by atoms with van der Waals surface area (Å²) in [5, 5.41) is 3.00. The molecule has 1 aromatic heterocycles. The van der Waals surface area contributed by atoms with Gasteiger partial charge in [-0.1, -0.05) is 15.9 Å². The molecule has 0 unspecified atom stereocenters. The van der Waals surface area contributed by atoms with Gasteiger partial charge >= 0.3 is 0 Å². The van der Waals surface area contributed by atoms with E-state index in [1.54, 1.807) is 6.20 Å². The van der Waals surface area contributed by atoms with Crippen LogP contribution in [0.15, 0.2) is 43.9 Å². The number of anilines is 1. The SMILES string of the molecule is CNc1cc(COc2c(Br)cc(Br)cc2Br)ccn1. The Kier molecular flexibility index (Phi) is 5.24. The highest BCUT2D eigenvalue weighted by molar-refractivity contribution is 9.11. The summed E-state index contributed by atoms with van der Waals surface area (Å²) in [5.74, 6) is 1.61. The number of benzene rings is 1. The van der Waals surface area contributed by atoms with Crippen molar-refractivity contribution in [2.75, 3.05) is 12.4 Å². The first-order valence-corrected chi connectivity index (χ1v) is 7.88. The van der Waals surface area contributed by atoms with E-state index in [0.29, 0.717) is 6.61 Å². The fourth-order valence-corrected chi connectivity index (χ4v) is 4.01. The summed E-state index contributed by atoms with van der Waals surface area (Å²) in [6, 6.07) is 7.79. The first-order valence-electron chi connectivity index (χ1n) is 5.50. The van der Waals surface area contributed by atoms with Crippen molar-refractivity contribution in [2.45, 2.75) is 6.61 Å². The van der Waals surface area contributed by atoms with E-state index in [2.05, 4.69) is 58.1 Å². The third-order valence-corrected chi connectivity index (χ3v) is 4.06. The second-order valence-corrected chi connectivity index (χ2v) is 6.41. The van der Waals surface area contributed by atoms with Crippen LogP contribution in [-0.4, -0.2) is 12.0 Å². The van der Waals surface area contributed by atoms with Gasteiger partial charge in [-0.3, -0.25) is 0 Å². The molecule has 0 aliphatic heterocycles. The van der Waals surface area contributed by atoms with Crippen LogP contribution in [0.1, 0.15) is 5.56 Å². The molecule has 0 aliphatic rings. The van der Waals surface area contributed by atoms with Crippen LogP contribution in [0.4, 0.5) is 5.82 Å². The Morgan fingerprint density at radius 1 is 1.16 bits per heavy atom. The molecule has 1 N–H and O–H groups in total. The summed E-state index contributed by atoms with van der Waals surface area (Å²) in [7, 11) is 1.84. The van der Waals surface area contributed by atoms with Crippen molar-refractivity contribution in [2.24, 2.45) is 0 Å². The zero-order valence-corrected chi connectivity index (χ0v) is 14.8. The maximum absolute atomic E-state index is 5.84. The van der Waals surface area contributed by atoms with E-state index >= 15 is 0 Å². The van der Waals surface area contributed by atoms with Crippen molar-refractivity contribution in [3.63, 3.8) is 0 Å². The Labute approximate surface area is 137 Å². The Bertz CT molecular complexity index is 567. The summed E-state index contributed by atoms with van der Waals surface area (Å²) < 4.78 is 8.62. The number of nitrogens with one attached hydrogen (secondary N) is 1. The van der Waals surface area contributed by atoms with Gasteiger partial charge in [0.2, 0.25) is 0 Å². The van der Waals surface area contributed by atoms with Crippen molar-refractivity contribution in [3.05, 3.63) is 49.4 Å². The normalized spacial score (nSPS) is 10.3. The standard InChI is InChI=1S/C13H11Br3N2O/c1-17-12-4-8(2-3-18-12)7-19-13-10(15)5-9(14)6-11(13)16/h2-6H,7H2,1H3,(H,17,18). The van der Waals surface area contributed by atoms with Crippen LogP contribution in [0, 0.1) is 0 Å². The first kappa shape index (κ1) is 14.8. The average molecular weight is 451 g/mol. The lowest BCUT2D eigenvalue weighted by molar-refractivity contribution is 0.302. The van der Waals surface area contributed by atoms with Crippen molar-refractivity contribution in [1.29, 1.82) is 0 Å². The predicted octanol–water partition coefficient (Wildman–Crippen LogP) is 4.99.